The first-order valence-electron chi connectivity index (χ1n) is 6.69. The lowest BCUT2D eigenvalue weighted by atomic mass is 10.1. The number of rotatable bonds is 4. The second-order valence-electron chi connectivity index (χ2n) is 4.98. The van der Waals surface area contributed by atoms with E-state index in [9.17, 15) is 9.18 Å². The van der Waals surface area contributed by atoms with E-state index in [0.717, 1.165) is 25.7 Å². The van der Waals surface area contributed by atoms with E-state index in [0.29, 0.717) is 11.1 Å². The van der Waals surface area contributed by atoms with Crippen molar-refractivity contribution in [1.29, 1.82) is 0 Å². The van der Waals surface area contributed by atoms with Crippen LogP contribution < -0.4 is 16.4 Å². The van der Waals surface area contributed by atoms with Crippen LogP contribution in [0.25, 0.3) is 0 Å². The standard InChI is InChI=1S/C14H18FN3OS/c15-12-7-9(13(16)20)5-6-10(12)8-17-14(19)18-11-3-1-2-4-11/h5-7,11H,1-4,8H2,(H2,16,20)(H2,17,18,19). The van der Waals surface area contributed by atoms with Crippen molar-refractivity contribution in [2.24, 2.45) is 5.73 Å². The molecule has 0 unspecified atom stereocenters. The van der Waals surface area contributed by atoms with Crippen LogP contribution >= 0.6 is 12.2 Å². The highest BCUT2D eigenvalue weighted by Crippen LogP contribution is 2.17. The molecule has 2 amide bonds. The highest BCUT2D eigenvalue weighted by atomic mass is 32.1. The predicted octanol–water partition coefficient (Wildman–Crippen LogP) is 2.20. The number of hydrogen-bond donors (Lipinski definition) is 3. The average molecular weight is 295 g/mol. The van der Waals surface area contributed by atoms with Crippen molar-refractivity contribution < 1.29 is 9.18 Å². The molecule has 4 nitrogen and oxygen atoms in total. The minimum Gasteiger partial charge on any atom is -0.389 e. The van der Waals surface area contributed by atoms with Gasteiger partial charge in [0.2, 0.25) is 0 Å². The Balaban J connectivity index is 1.86. The fourth-order valence-electron chi connectivity index (χ4n) is 2.33. The molecule has 0 radical (unpaired) electrons. The molecule has 0 aromatic heterocycles. The second-order valence-corrected chi connectivity index (χ2v) is 5.42. The highest BCUT2D eigenvalue weighted by Gasteiger charge is 2.17. The van der Waals surface area contributed by atoms with E-state index in [4.69, 9.17) is 18.0 Å². The van der Waals surface area contributed by atoms with Gasteiger partial charge in [-0.2, -0.15) is 0 Å². The Bertz CT molecular complexity index is 515. The molecule has 0 atom stereocenters. The van der Waals surface area contributed by atoms with Gasteiger partial charge in [0.1, 0.15) is 10.8 Å². The van der Waals surface area contributed by atoms with Gasteiger partial charge in [-0.3, -0.25) is 0 Å². The van der Waals surface area contributed by atoms with Gasteiger partial charge in [-0.05, 0) is 18.9 Å². The Morgan fingerprint density at radius 2 is 2.10 bits per heavy atom. The first kappa shape index (κ1) is 14.7. The average Bonchev–Trinajstić information content (AvgIpc) is 2.90. The fraction of sp³-hybridized carbons (Fsp3) is 0.429. The van der Waals surface area contributed by atoms with Gasteiger partial charge >= 0.3 is 6.03 Å². The summed E-state index contributed by atoms with van der Waals surface area (Å²) < 4.78 is 13.8. The monoisotopic (exact) mass is 295 g/mol. The number of amides is 2. The lowest BCUT2D eigenvalue weighted by Crippen LogP contribution is -2.40. The van der Waals surface area contributed by atoms with Crippen LogP contribution in [0.4, 0.5) is 9.18 Å². The van der Waals surface area contributed by atoms with Crippen molar-refractivity contribution in [1.82, 2.24) is 10.6 Å². The summed E-state index contributed by atoms with van der Waals surface area (Å²) in [5.74, 6) is -0.420. The van der Waals surface area contributed by atoms with E-state index in [1.807, 2.05) is 0 Å². The van der Waals surface area contributed by atoms with Crippen molar-refractivity contribution in [2.75, 3.05) is 0 Å². The quantitative estimate of drug-likeness (QED) is 0.746. The molecule has 4 N–H and O–H groups in total. The molecule has 1 fully saturated rings. The van der Waals surface area contributed by atoms with Crippen LogP contribution in [0.3, 0.4) is 0 Å². The van der Waals surface area contributed by atoms with Crippen molar-refractivity contribution in [3.63, 3.8) is 0 Å². The van der Waals surface area contributed by atoms with Gasteiger partial charge in [-0.25, -0.2) is 9.18 Å². The van der Waals surface area contributed by atoms with Crippen molar-refractivity contribution in [2.45, 2.75) is 38.3 Å². The van der Waals surface area contributed by atoms with E-state index >= 15 is 0 Å². The van der Waals surface area contributed by atoms with Crippen LogP contribution in [0.2, 0.25) is 0 Å². The molecule has 0 bridgehead atoms. The number of benzene rings is 1. The smallest absolute Gasteiger partial charge is 0.315 e. The van der Waals surface area contributed by atoms with Crippen molar-refractivity contribution >= 4 is 23.2 Å². The van der Waals surface area contributed by atoms with Crippen LogP contribution in [0.5, 0.6) is 0 Å². The number of carbonyl (C=O) groups excluding carboxylic acids is 1. The molecule has 1 aromatic carbocycles. The number of nitrogens with two attached hydrogens (primary N) is 1. The van der Waals surface area contributed by atoms with E-state index in [1.54, 1.807) is 12.1 Å². The third-order valence-corrected chi connectivity index (χ3v) is 3.70. The molecule has 6 heteroatoms. The number of halogens is 1. The van der Waals surface area contributed by atoms with Gasteiger partial charge in [0.25, 0.3) is 0 Å². The third-order valence-electron chi connectivity index (χ3n) is 3.47. The number of thiocarbonyl (C=S) groups is 1. The van der Waals surface area contributed by atoms with Crippen LogP contribution in [-0.2, 0) is 6.54 Å². The molecule has 0 spiro atoms. The van der Waals surface area contributed by atoms with E-state index in [-0.39, 0.29) is 23.6 Å². The SMILES string of the molecule is NC(=S)c1ccc(CNC(=O)NC2CCCC2)c(F)c1. The Labute approximate surface area is 122 Å². The third kappa shape index (κ3) is 3.90. The summed E-state index contributed by atoms with van der Waals surface area (Å²) in [4.78, 5) is 11.8. The zero-order valence-electron chi connectivity index (χ0n) is 11.1. The van der Waals surface area contributed by atoms with Crippen molar-refractivity contribution in [3.05, 3.63) is 35.1 Å². The van der Waals surface area contributed by atoms with Gasteiger partial charge in [-0.15, -0.1) is 0 Å². The summed E-state index contributed by atoms with van der Waals surface area (Å²) in [7, 11) is 0. The summed E-state index contributed by atoms with van der Waals surface area (Å²) in [6.45, 7) is 0.141. The minimum atomic E-state index is -0.420. The van der Waals surface area contributed by atoms with Crippen LogP contribution in [0, 0.1) is 5.82 Å². The van der Waals surface area contributed by atoms with Gasteiger partial charge in [0.15, 0.2) is 0 Å². The largest absolute Gasteiger partial charge is 0.389 e. The maximum atomic E-state index is 13.8. The van der Waals surface area contributed by atoms with E-state index < -0.39 is 5.82 Å². The molecule has 0 aliphatic heterocycles. The first-order chi connectivity index (χ1) is 9.56. The van der Waals surface area contributed by atoms with Gasteiger partial charge in [0, 0.05) is 23.7 Å². The molecule has 1 aliphatic carbocycles. The molecule has 20 heavy (non-hydrogen) atoms. The molecule has 0 heterocycles. The predicted molar refractivity (Wildman–Crippen MR) is 79.9 cm³/mol. The molecular formula is C14H18FN3OS. The molecule has 0 saturated heterocycles. The second kappa shape index (κ2) is 6.65. The van der Waals surface area contributed by atoms with E-state index in [1.165, 1.54) is 6.07 Å². The minimum absolute atomic E-state index is 0.141. The summed E-state index contributed by atoms with van der Waals surface area (Å²) in [5, 5.41) is 5.55. The van der Waals surface area contributed by atoms with Crippen molar-refractivity contribution in [3.8, 4) is 0 Å². The fourth-order valence-corrected chi connectivity index (χ4v) is 2.45. The van der Waals surface area contributed by atoms with Gasteiger partial charge in [0.05, 0.1) is 0 Å². The van der Waals surface area contributed by atoms with Gasteiger partial charge in [-0.1, -0.05) is 37.2 Å². The van der Waals surface area contributed by atoms with E-state index in [2.05, 4.69) is 10.6 Å². The number of urea groups is 1. The highest BCUT2D eigenvalue weighted by molar-refractivity contribution is 7.80. The van der Waals surface area contributed by atoms with Gasteiger partial charge < -0.3 is 16.4 Å². The summed E-state index contributed by atoms with van der Waals surface area (Å²) in [6, 6.07) is 4.51. The zero-order valence-corrected chi connectivity index (χ0v) is 11.9. The van der Waals surface area contributed by atoms with Crippen LogP contribution in [-0.4, -0.2) is 17.1 Å². The molecule has 1 saturated carbocycles. The Hall–Kier alpha value is -1.69. The molecule has 1 aliphatic rings. The summed E-state index contributed by atoms with van der Waals surface area (Å²) in [6.07, 6.45) is 4.34. The Morgan fingerprint density at radius 3 is 2.70 bits per heavy atom. The normalized spacial score (nSPS) is 15.1. The number of carbonyl (C=O) groups is 1. The molecule has 1 aromatic rings. The Morgan fingerprint density at radius 1 is 1.40 bits per heavy atom. The lowest BCUT2D eigenvalue weighted by molar-refractivity contribution is 0.236. The maximum absolute atomic E-state index is 13.8. The first-order valence-corrected chi connectivity index (χ1v) is 7.09. The topological polar surface area (TPSA) is 67.1 Å². The Kier molecular flexibility index (Phi) is 4.89. The zero-order chi connectivity index (χ0) is 14.5. The number of nitrogens with one attached hydrogen (secondary N) is 2. The van der Waals surface area contributed by atoms with Crippen LogP contribution in [0.15, 0.2) is 18.2 Å². The number of hydrogen-bond acceptors (Lipinski definition) is 2. The molecular weight excluding hydrogens is 277 g/mol. The molecule has 2 rings (SSSR count). The summed E-state index contributed by atoms with van der Waals surface area (Å²) in [5.41, 5.74) is 6.32. The lowest BCUT2D eigenvalue weighted by Gasteiger charge is -2.13. The molecule has 108 valence electrons. The summed E-state index contributed by atoms with van der Waals surface area (Å²) >= 11 is 4.78. The maximum Gasteiger partial charge on any atom is 0.315 e. The van der Waals surface area contributed by atoms with Crippen LogP contribution in [0.1, 0.15) is 36.8 Å².